The van der Waals surface area contributed by atoms with E-state index in [1.807, 2.05) is 0 Å². The molecular formula is C20H21N3O7. The van der Waals surface area contributed by atoms with E-state index >= 15 is 0 Å². The number of esters is 1. The highest BCUT2D eigenvalue weighted by molar-refractivity contribution is 6.06. The third kappa shape index (κ3) is 3.64. The number of non-ortho nitro benzene ring substituents is 1. The van der Waals surface area contributed by atoms with Gasteiger partial charge >= 0.3 is 5.97 Å². The third-order valence-corrected chi connectivity index (χ3v) is 6.26. The quantitative estimate of drug-likeness (QED) is 0.308. The van der Waals surface area contributed by atoms with Gasteiger partial charge in [-0.05, 0) is 37.2 Å². The Bertz CT molecular complexity index is 903. The lowest BCUT2D eigenvalue weighted by Gasteiger charge is -2.19. The molecule has 10 heteroatoms. The smallest absolute Gasteiger partial charge is 0.308 e. The molecule has 0 radical (unpaired) electrons. The molecule has 1 saturated heterocycles. The van der Waals surface area contributed by atoms with E-state index in [-0.39, 0.29) is 59.8 Å². The molecule has 3 fully saturated rings. The molecule has 2 aliphatic carbocycles. The first kappa shape index (κ1) is 20.0. The van der Waals surface area contributed by atoms with Gasteiger partial charge < -0.3 is 10.1 Å². The average molecular weight is 415 g/mol. The second kappa shape index (κ2) is 7.85. The highest BCUT2D eigenvalue weighted by atomic mass is 16.6. The van der Waals surface area contributed by atoms with Crippen LogP contribution in [0.25, 0.3) is 0 Å². The summed E-state index contributed by atoms with van der Waals surface area (Å²) in [5.41, 5.74) is 0.0302. The summed E-state index contributed by atoms with van der Waals surface area (Å²) < 4.78 is 4.90. The van der Waals surface area contributed by atoms with Gasteiger partial charge in [0.05, 0.1) is 23.2 Å². The molecule has 0 spiro atoms. The maximum Gasteiger partial charge on any atom is 0.308 e. The van der Waals surface area contributed by atoms with Crippen molar-refractivity contribution >= 4 is 35.1 Å². The third-order valence-electron chi connectivity index (χ3n) is 6.26. The van der Waals surface area contributed by atoms with Gasteiger partial charge in [0.25, 0.3) is 11.6 Å². The molecule has 0 aromatic heterocycles. The first-order valence-electron chi connectivity index (χ1n) is 9.90. The van der Waals surface area contributed by atoms with Crippen LogP contribution in [0.5, 0.6) is 0 Å². The Balaban J connectivity index is 1.23. The number of ether oxygens (including phenoxy) is 1. The molecule has 1 aromatic carbocycles. The molecule has 0 unspecified atom stereocenters. The topological polar surface area (TPSA) is 136 Å². The van der Waals surface area contributed by atoms with Gasteiger partial charge in [0, 0.05) is 24.4 Å². The number of fused-ring (bicyclic) bond motifs is 5. The number of imide groups is 1. The van der Waals surface area contributed by atoms with Gasteiger partial charge in [-0.3, -0.25) is 34.2 Å². The van der Waals surface area contributed by atoms with Crippen molar-refractivity contribution in [3.63, 3.8) is 0 Å². The van der Waals surface area contributed by atoms with Crippen LogP contribution in [0.4, 0.5) is 11.4 Å². The molecule has 158 valence electrons. The summed E-state index contributed by atoms with van der Waals surface area (Å²) in [6.45, 7) is -0.617. The molecule has 4 atom stereocenters. The second-order valence-corrected chi connectivity index (χ2v) is 7.98. The zero-order valence-corrected chi connectivity index (χ0v) is 16.1. The van der Waals surface area contributed by atoms with E-state index in [9.17, 15) is 29.3 Å². The maximum absolute atomic E-state index is 12.6. The summed E-state index contributed by atoms with van der Waals surface area (Å²) in [4.78, 5) is 60.4. The Kier molecular flexibility index (Phi) is 5.23. The first-order valence-corrected chi connectivity index (χ1v) is 9.90. The minimum atomic E-state index is -0.704. The van der Waals surface area contributed by atoms with Crippen LogP contribution in [-0.2, 0) is 23.9 Å². The van der Waals surface area contributed by atoms with E-state index in [2.05, 4.69) is 5.32 Å². The van der Waals surface area contributed by atoms with Gasteiger partial charge in [0.2, 0.25) is 11.8 Å². The number of rotatable bonds is 7. The second-order valence-electron chi connectivity index (χ2n) is 7.98. The number of anilines is 1. The van der Waals surface area contributed by atoms with Gasteiger partial charge in [0.15, 0.2) is 6.61 Å². The van der Waals surface area contributed by atoms with Gasteiger partial charge in [-0.2, -0.15) is 0 Å². The number of hydrogen-bond donors (Lipinski definition) is 1. The molecule has 4 rings (SSSR count). The van der Waals surface area contributed by atoms with Crippen molar-refractivity contribution in [2.75, 3.05) is 18.5 Å². The molecule has 1 heterocycles. The molecule has 1 aromatic rings. The minimum Gasteiger partial charge on any atom is -0.456 e. The molecule has 2 bridgehead atoms. The first-order chi connectivity index (χ1) is 14.3. The molecular weight excluding hydrogens is 394 g/mol. The van der Waals surface area contributed by atoms with E-state index in [0.717, 1.165) is 19.3 Å². The number of nitrogens with one attached hydrogen (secondary N) is 1. The van der Waals surface area contributed by atoms with Crippen molar-refractivity contribution in [3.05, 3.63) is 34.4 Å². The number of nitrogens with zero attached hydrogens (tertiary/aromatic N) is 2. The van der Waals surface area contributed by atoms with Crippen molar-refractivity contribution in [1.29, 1.82) is 0 Å². The van der Waals surface area contributed by atoms with Crippen LogP contribution in [0.1, 0.15) is 25.7 Å². The van der Waals surface area contributed by atoms with Crippen LogP contribution in [0, 0.1) is 33.8 Å². The fourth-order valence-corrected chi connectivity index (χ4v) is 5.01. The molecule has 1 aliphatic heterocycles. The van der Waals surface area contributed by atoms with Gasteiger partial charge in [0.1, 0.15) is 0 Å². The SMILES string of the molecule is O=C(COC(=O)CCN1C(=O)[C@@H]2[C@H]3CC[C@@H](C3)[C@H]2C1=O)Nc1cccc([N+](=O)[O-])c1. The van der Waals surface area contributed by atoms with Crippen LogP contribution in [0.15, 0.2) is 24.3 Å². The summed E-state index contributed by atoms with van der Waals surface area (Å²) in [6, 6.07) is 5.37. The van der Waals surface area contributed by atoms with Gasteiger partial charge in [-0.15, -0.1) is 0 Å². The van der Waals surface area contributed by atoms with Gasteiger partial charge in [-0.1, -0.05) is 6.07 Å². The standard InChI is InChI=1S/C20H21N3O7/c24-15(21-13-2-1-3-14(9-13)23(28)29)10-30-16(25)6-7-22-19(26)17-11-4-5-12(8-11)18(17)20(22)27/h1-3,9,11-12,17-18H,4-8,10H2,(H,21,24)/t11-,12-,17+,18+/m0/s1. The van der Waals surface area contributed by atoms with Crippen molar-refractivity contribution < 1.29 is 28.8 Å². The predicted molar refractivity (Wildman–Crippen MR) is 102 cm³/mol. The van der Waals surface area contributed by atoms with E-state index < -0.39 is 23.4 Å². The number of amides is 3. The number of nitro groups is 1. The Labute approximate surface area is 171 Å². The molecule has 3 amide bonds. The number of carbonyl (C=O) groups excluding carboxylic acids is 4. The molecule has 30 heavy (non-hydrogen) atoms. The van der Waals surface area contributed by atoms with Crippen molar-refractivity contribution in [3.8, 4) is 0 Å². The van der Waals surface area contributed by atoms with E-state index in [0.29, 0.717) is 0 Å². The molecule has 2 saturated carbocycles. The summed E-state index contributed by atoms with van der Waals surface area (Å²) in [5.74, 6) is -1.62. The molecule has 1 N–H and O–H groups in total. The summed E-state index contributed by atoms with van der Waals surface area (Å²) in [6.07, 6.45) is 2.74. The monoisotopic (exact) mass is 415 g/mol. The minimum absolute atomic E-state index is 0.0462. The summed E-state index contributed by atoms with van der Waals surface area (Å²) >= 11 is 0. The number of hydrogen-bond acceptors (Lipinski definition) is 7. The lowest BCUT2D eigenvalue weighted by molar-refractivity contribution is -0.384. The van der Waals surface area contributed by atoms with Gasteiger partial charge in [-0.25, -0.2) is 0 Å². The normalized spacial score (nSPS) is 26.6. The van der Waals surface area contributed by atoms with Crippen LogP contribution < -0.4 is 5.32 Å². The number of nitro benzene ring substituents is 1. The fourth-order valence-electron chi connectivity index (χ4n) is 5.01. The fraction of sp³-hybridized carbons (Fsp3) is 0.500. The largest absolute Gasteiger partial charge is 0.456 e. The number of benzene rings is 1. The van der Waals surface area contributed by atoms with E-state index in [4.69, 9.17) is 4.74 Å². The Morgan fingerprint density at radius 2 is 1.83 bits per heavy atom. The Hall–Kier alpha value is -3.30. The number of likely N-dealkylation sites (tertiary alicyclic amines) is 1. The van der Waals surface area contributed by atoms with Crippen LogP contribution >= 0.6 is 0 Å². The lowest BCUT2D eigenvalue weighted by atomic mass is 9.81. The number of carbonyl (C=O) groups is 4. The van der Waals surface area contributed by atoms with Crippen molar-refractivity contribution in [2.45, 2.75) is 25.7 Å². The zero-order valence-electron chi connectivity index (χ0n) is 16.1. The van der Waals surface area contributed by atoms with E-state index in [1.54, 1.807) is 0 Å². The summed E-state index contributed by atoms with van der Waals surface area (Å²) in [7, 11) is 0. The predicted octanol–water partition coefficient (Wildman–Crippen LogP) is 1.50. The Morgan fingerprint density at radius 3 is 2.47 bits per heavy atom. The molecule has 3 aliphatic rings. The highest BCUT2D eigenvalue weighted by Gasteiger charge is 2.60. The highest BCUT2D eigenvalue weighted by Crippen LogP contribution is 2.56. The van der Waals surface area contributed by atoms with Crippen molar-refractivity contribution in [1.82, 2.24) is 4.90 Å². The van der Waals surface area contributed by atoms with Crippen LogP contribution in [-0.4, -0.2) is 46.7 Å². The van der Waals surface area contributed by atoms with Crippen LogP contribution in [0.2, 0.25) is 0 Å². The Morgan fingerprint density at radius 1 is 1.17 bits per heavy atom. The maximum atomic E-state index is 12.6. The summed E-state index contributed by atoms with van der Waals surface area (Å²) in [5, 5.41) is 13.2. The van der Waals surface area contributed by atoms with Crippen molar-refractivity contribution in [2.24, 2.45) is 23.7 Å². The van der Waals surface area contributed by atoms with Crippen LogP contribution in [0.3, 0.4) is 0 Å². The molecule has 10 nitrogen and oxygen atoms in total. The lowest BCUT2D eigenvalue weighted by Crippen LogP contribution is -2.35. The average Bonchev–Trinajstić information content (AvgIpc) is 3.39. The zero-order chi connectivity index (χ0) is 21.4. The van der Waals surface area contributed by atoms with E-state index in [1.165, 1.54) is 29.2 Å².